The monoisotopic (exact) mass is 367 g/mol. The van der Waals surface area contributed by atoms with Crippen molar-refractivity contribution in [2.24, 2.45) is 0 Å². The number of ether oxygens (including phenoxy) is 2. The van der Waals surface area contributed by atoms with Gasteiger partial charge in [0.25, 0.3) is 0 Å². The van der Waals surface area contributed by atoms with Crippen LogP contribution in [0.5, 0.6) is 11.6 Å². The van der Waals surface area contributed by atoms with Gasteiger partial charge in [-0.2, -0.15) is 4.98 Å². The zero-order chi connectivity index (χ0) is 14.8. The van der Waals surface area contributed by atoms with Crippen molar-refractivity contribution in [1.82, 2.24) is 9.38 Å². The van der Waals surface area contributed by atoms with Crippen LogP contribution in [0.2, 0.25) is 0 Å². The number of nitrogens with zero attached hydrogens (tertiary/aromatic N) is 2. The maximum atomic E-state index is 5.36. The molecular weight excluding hydrogens is 354 g/mol. The average Bonchev–Trinajstić information content (AvgIpc) is 3.06. The number of fused-ring (bicyclic) bond motifs is 1. The maximum absolute atomic E-state index is 5.36. The molecule has 3 aromatic rings. The van der Waals surface area contributed by atoms with E-state index in [2.05, 4.69) is 26.2 Å². The first kappa shape index (κ1) is 14.2. The number of hydrogen-bond acceptors (Lipinski definition) is 5. The fourth-order valence-electron chi connectivity index (χ4n) is 2.13. The lowest BCUT2D eigenvalue weighted by Gasteiger charge is -2.11. The Morgan fingerprint density at radius 1 is 1.33 bits per heavy atom. The number of methoxy groups -OCH3 is 2. The summed E-state index contributed by atoms with van der Waals surface area (Å²) in [6.45, 7) is 0.591. The van der Waals surface area contributed by atoms with Crippen LogP contribution >= 0.6 is 27.3 Å². The quantitative estimate of drug-likeness (QED) is 0.745. The molecule has 1 N–H and O–H groups in total. The summed E-state index contributed by atoms with van der Waals surface area (Å²) < 4.78 is 13.7. The summed E-state index contributed by atoms with van der Waals surface area (Å²) in [7, 11) is 3.29. The smallest absolute Gasteiger partial charge is 0.238 e. The molecule has 0 aliphatic heterocycles. The molecule has 110 valence electrons. The number of hydrogen-bond donors (Lipinski definition) is 1. The molecule has 0 aliphatic carbocycles. The van der Waals surface area contributed by atoms with Crippen LogP contribution < -0.4 is 14.8 Å². The number of rotatable bonds is 5. The van der Waals surface area contributed by atoms with Crippen molar-refractivity contribution in [1.29, 1.82) is 0 Å². The SMILES string of the molecule is COc1ccc(Br)cc1NCc1c(OC)nc2sccn12. The van der Waals surface area contributed by atoms with Crippen LogP contribution in [0.15, 0.2) is 34.2 Å². The topological polar surface area (TPSA) is 47.8 Å². The van der Waals surface area contributed by atoms with E-state index in [0.717, 1.165) is 26.6 Å². The van der Waals surface area contributed by atoms with Crippen LogP contribution in [-0.2, 0) is 6.54 Å². The van der Waals surface area contributed by atoms with E-state index in [-0.39, 0.29) is 0 Å². The first-order valence-electron chi connectivity index (χ1n) is 6.28. The Labute approximate surface area is 134 Å². The lowest BCUT2D eigenvalue weighted by Crippen LogP contribution is -2.05. The van der Waals surface area contributed by atoms with Crippen molar-refractivity contribution in [3.63, 3.8) is 0 Å². The Morgan fingerprint density at radius 2 is 2.19 bits per heavy atom. The van der Waals surface area contributed by atoms with E-state index in [0.29, 0.717) is 12.4 Å². The van der Waals surface area contributed by atoms with Gasteiger partial charge in [0.1, 0.15) is 11.4 Å². The summed E-state index contributed by atoms with van der Waals surface area (Å²) in [5.41, 5.74) is 1.90. The van der Waals surface area contributed by atoms with Gasteiger partial charge in [0.15, 0.2) is 4.96 Å². The number of halogens is 1. The van der Waals surface area contributed by atoms with Gasteiger partial charge in [-0.05, 0) is 18.2 Å². The number of thiazole rings is 1. The molecule has 2 heterocycles. The predicted octanol–water partition coefficient (Wildman–Crippen LogP) is 3.79. The Morgan fingerprint density at radius 3 is 2.95 bits per heavy atom. The van der Waals surface area contributed by atoms with Gasteiger partial charge in [0.2, 0.25) is 5.88 Å². The van der Waals surface area contributed by atoms with E-state index in [1.54, 1.807) is 25.6 Å². The van der Waals surface area contributed by atoms with Crippen molar-refractivity contribution >= 4 is 37.9 Å². The minimum Gasteiger partial charge on any atom is -0.495 e. The third kappa shape index (κ3) is 2.71. The first-order chi connectivity index (χ1) is 10.2. The molecule has 1 aromatic carbocycles. The van der Waals surface area contributed by atoms with Crippen LogP contribution in [0.25, 0.3) is 4.96 Å². The standard InChI is InChI=1S/C14H14BrN3O2S/c1-19-12-4-3-9(15)7-10(12)16-8-11-13(20-2)17-14-18(11)5-6-21-14/h3-7,16H,8H2,1-2H3. The molecule has 7 heteroatoms. The summed E-state index contributed by atoms with van der Waals surface area (Å²) in [4.78, 5) is 5.36. The predicted molar refractivity (Wildman–Crippen MR) is 87.6 cm³/mol. The Kier molecular flexibility index (Phi) is 4.03. The van der Waals surface area contributed by atoms with E-state index in [1.807, 2.05) is 34.2 Å². The minimum atomic E-state index is 0.591. The zero-order valence-corrected chi connectivity index (χ0v) is 14.0. The molecule has 0 fully saturated rings. The zero-order valence-electron chi connectivity index (χ0n) is 11.6. The lowest BCUT2D eigenvalue weighted by atomic mass is 10.3. The summed E-state index contributed by atoms with van der Waals surface area (Å²) in [5, 5.41) is 5.38. The molecule has 0 bridgehead atoms. The van der Waals surface area contributed by atoms with Crippen LogP contribution in [0.4, 0.5) is 5.69 Å². The second-order valence-electron chi connectivity index (χ2n) is 4.32. The first-order valence-corrected chi connectivity index (χ1v) is 7.96. The molecule has 2 aromatic heterocycles. The lowest BCUT2D eigenvalue weighted by molar-refractivity contribution is 0.395. The highest BCUT2D eigenvalue weighted by Gasteiger charge is 2.14. The molecule has 0 atom stereocenters. The summed E-state index contributed by atoms with van der Waals surface area (Å²) in [5.74, 6) is 1.44. The summed E-state index contributed by atoms with van der Waals surface area (Å²) >= 11 is 5.05. The average molecular weight is 368 g/mol. The number of nitrogens with one attached hydrogen (secondary N) is 1. The second kappa shape index (κ2) is 5.95. The summed E-state index contributed by atoms with van der Waals surface area (Å²) in [6.07, 6.45) is 1.99. The summed E-state index contributed by atoms with van der Waals surface area (Å²) in [6, 6.07) is 5.85. The van der Waals surface area contributed by atoms with Crippen molar-refractivity contribution in [3.8, 4) is 11.6 Å². The van der Waals surface area contributed by atoms with Gasteiger partial charge < -0.3 is 14.8 Å². The molecule has 0 unspecified atom stereocenters. The van der Waals surface area contributed by atoms with Gasteiger partial charge in [0, 0.05) is 16.0 Å². The maximum Gasteiger partial charge on any atom is 0.238 e. The van der Waals surface area contributed by atoms with Gasteiger partial charge in [-0.15, -0.1) is 11.3 Å². The van der Waals surface area contributed by atoms with E-state index < -0.39 is 0 Å². The Bertz CT molecular complexity index is 769. The second-order valence-corrected chi connectivity index (χ2v) is 6.11. The van der Waals surface area contributed by atoms with E-state index in [1.165, 1.54) is 0 Å². The largest absolute Gasteiger partial charge is 0.495 e. The fourth-order valence-corrected chi connectivity index (χ4v) is 3.22. The normalized spacial score (nSPS) is 10.8. The molecule has 21 heavy (non-hydrogen) atoms. The van der Waals surface area contributed by atoms with Crippen LogP contribution in [0.1, 0.15) is 5.69 Å². The number of imidazole rings is 1. The number of aromatic nitrogens is 2. The molecule has 0 saturated carbocycles. The minimum absolute atomic E-state index is 0.591. The third-order valence-electron chi connectivity index (χ3n) is 3.13. The highest BCUT2D eigenvalue weighted by molar-refractivity contribution is 9.10. The van der Waals surface area contributed by atoms with Crippen LogP contribution in [0, 0.1) is 0 Å². The van der Waals surface area contributed by atoms with E-state index in [9.17, 15) is 0 Å². The van der Waals surface area contributed by atoms with Crippen molar-refractivity contribution in [3.05, 3.63) is 39.9 Å². The van der Waals surface area contributed by atoms with Crippen molar-refractivity contribution < 1.29 is 9.47 Å². The van der Waals surface area contributed by atoms with Gasteiger partial charge in [0.05, 0.1) is 26.5 Å². The van der Waals surface area contributed by atoms with Gasteiger partial charge in [-0.1, -0.05) is 15.9 Å². The number of anilines is 1. The molecule has 0 aliphatic rings. The molecule has 0 spiro atoms. The highest BCUT2D eigenvalue weighted by atomic mass is 79.9. The Balaban J connectivity index is 1.89. The van der Waals surface area contributed by atoms with Crippen LogP contribution in [0.3, 0.4) is 0 Å². The van der Waals surface area contributed by atoms with Gasteiger partial charge >= 0.3 is 0 Å². The molecule has 0 radical (unpaired) electrons. The van der Waals surface area contributed by atoms with Crippen molar-refractivity contribution in [2.75, 3.05) is 19.5 Å². The van der Waals surface area contributed by atoms with Crippen LogP contribution in [-0.4, -0.2) is 23.6 Å². The molecule has 3 rings (SSSR count). The fraction of sp³-hybridized carbons (Fsp3) is 0.214. The van der Waals surface area contributed by atoms with Gasteiger partial charge in [-0.3, -0.25) is 4.40 Å². The Hall–Kier alpha value is -1.73. The molecular formula is C14H14BrN3O2S. The van der Waals surface area contributed by atoms with E-state index >= 15 is 0 Å². The third-order valence-corrected chi connectivity index (χ3v) is 4.38. The van der Waals surface area contributed by atoms with Crippen molar-refractivity contribution in [2.45, 2.75) is 6.54 Å². The molecule has 0 saturated heterocycles. The van der Waals surface area contributed by atoms with Gasteiger partial charge in [-0.25, -0.2) is 0 Å². The highest BCUT2D eigenvalue weighted by Crippen LogP contribution is 2.30. The number of benzene rings is 1. The van der Waals surface area contributed by atoms with E-state index in [4.69, 9.17) is 9.47 Å². The molecule has 0 amide bonds. The molecule has 5 nitrogen and oxygen atoms in total.